The van der Waals surface area contributed by atoms with E-state index in [2.05, 4.69) is 17.6 Å². The second kappa shape index (κ2) is 7.69. The smallest absolute Gasteiger partial charge is 0.329 e. The van der Waals surface area contributed by atoms with Gasteiger partial charge in [0.2, 0.25) is 0 Å². The highest BCUT2D eigenvalue weighted by atomic mass is 35.5. The molecule has 152 valence electrons. The predicted octanol–water partition coefficient (Wildman–Crippen LogP) is 4.23. The fourth-order valence-electron chi connectivity index (χ4n) is 4.25. The number of fused-ring (bicyclic) bond motifs is 1. The first-order chi connectivity index (χ1) is 13.9. The van der Waals surface area contributed by atoms with Gasteiger partial charge in [-0.1, -0.05) is 49.6 Å². The van der Waals surface area contributed by atoms with E-state index in [0.29, 0.717) is 27.9 Å². The van der Waals surface area contributed by atoms with Crippen LogP contribution in [-0.4, -0.2) is 23.1 Å². The molecule has 3 unspecified atom stereocenters. The van der Waals surface area contributed by atoms with Gasteiger partial charge in [0.15, 0.2) is 0 Å². The molecule has 0 bridgehead atoms. The third-order valence-electron chi connectivity index (χ3n) is 5.90. The van der Waals surface area contributed by atoms with E-state index in [-0.39, 0.29) is 6.04 Å². The highest BCUT2D eigenvalue weighted by molar-refractivity contribution is 6.30. The molecule has 3 N–H and O–H groups in total. The number of urea groups is 1. The van der Waals surface area contributed by atoms with E-state index in [1.165, 1.54) is 0 Å². The highest BCUT2D eigenvalue weighted by Gasteiger charge is 2.52. The number of hydrogen-bond donors (Lipinski definition) is 3. The molecule has 4 rings (SSSR count). The number of nitrogens with zero attached hydrogens (tertiary/aromatic N) is 1. The van der Waals surface area contributed by atoms with Gasteiger partial charge < -0.3 is 15.7 Å². The van der Waals surface area contributed by atoms with Crippen LogP contribution < -0.4 is 15.5 Å². The standard InChI is InChI=1S/C22H24ClN3O3/c1-14-6-2-4-8-18(14)24-20(27)22(29)17-7-3-5-9-19(17)25-21(28)26(22)16-12-10-15(23)11-13-16/h3,5,7,9-14,18,29H,2,4,6,8H2,1H3,(H,24,27)(H,25,28). The van der Waals surface area contributed by atoms with Crippen molar-refractivity contribution in [3.05, 3.63) is 59.1 Å². The fraction of sp³-hybridized carbons (Fsp3) is 0.364. The summed E-state index contributed by atoms with van der Waals surface area (Å²) < 4.78 is 0. The maximum absolute atomic E-state index is 13.5. The molecule has 1 heterocycles. The van der Waals surface area contributed by atoms with Gasteiger partial charge in [0, 0.05) is 22.3 Å². The lowest BCUT2D eigenvalue weighted by Gasteiger charge is -2.44. The van der Waals surface area contributed by atoms with Crippen molar-refractivity contribution in [3.8, 4) is 0 Å². The number of anilines is 2. The third-order valence-corrected chi connectivity index (χ3v) is 6.15. The Balaban J connectivity index is 1.78. The molecule has 7 heteroatoms. The summed E-state index contributed by atoms with van der Waals surface area (Å²) in [6, 6.07) is 12.6. The lowest BCUT2D eigenvalue weighted by molar-refractivity contribution is -0.141. The van der Waals surface area contributed by atoms with Crippen LogP contribution in [0.4, 0.5) is 16.2 Å². The van der Waals surface area contributed by atoms with Gasteiger partial charge in [0.1, 0.15) is 0 Å². The normalized spacial score (nSPS) is 26.4. The van der Waals surface area contributed by atoms with Crippen molar-refractivity contribution in [2.75, 3.05) is 10.2 Å². The quantitative estimate of drug-likeness (QED) is 0.704. The first-order valence-electron chi connectivity index (χ1n) is 9.91. The minimum atomic E-state index is -2.18. The van der Waals surface area contributed by atoms with Crippen LogP contribution >= 0.6 is 11.6 Å². The molecule has 0 spiro atoms. The van der Waals surface area contributed by atoms with Crippen LogP contribution in [0.5, 0.6) is 0 Å². The summed E-state index contributed by atoms with van der Waals surface area (Å²) in [6.07, 6.45) is 4.06. The Kier molecular flexibility index (Phi) is 5.23. The molecular weight excluding hydrogens is 390 g/mol. The highest BCUT2D eigenvalue weighted by Crippen LogP contribution is 2.40. The number of nitrogens with one attached hydrogen (secondary N) is 2. The minimum Gasteiger partial charge on any atom is -0.359 e. The molecule has 3 atom stereocenters. The van der Waals surface area contributed by atoms with Gasteiger partial charge in [-0.3, -0.25) is 9.69 Å². The van der Waals surface area contributed by atoms with Gasteiger partial charge in [0.05, 0.1) is 5.69 Å². The summed E-state index contributed by atoms with van der Waals surface area (Å²) >= 11 is 5.99. The lowest BCUT2D eigenvalue weighted by atomic mass is 9.85. The molecule has 29 heavy (non-hydrogen) atoms. The Morgan fingerprint density at radius 2 is 1.86 bits per heavy atom. The molecule has 0 saturated heterocycles. The van der Waals surface area contributed by atoms with Crippen LogP contribution in [0.15, 0.2) is 48.5 Å². The summed E-state index contributed by atoms with van der Waals surface area (Å²) in [7, 11) is 0. The molecule has 2 aromatic rings. The van der Waals surface area contributed by atoms with Crippen LogP contribution in [-0.2, 0) is 10.5 Å². The van der Waals surface area contributed by atoms with E-state index in [9.17, 15) is 14.7 Å². The third kappa shape index (κ3) is 3.47. The van der Waals surface area contributed by atoms with Crippen LogP contribution in [0.2, 0.25) is 5.02 Å². The Labute approximate surface area is 174 Å². The van der Waals surface area contributed by atoms with Crippen molar-refractivity contribution in [1.82, 2.24) is 5.32 Å². The van der Waals surface area contributed by atoms with Gasteiger partial charge in [-0.25, -0.2) is 4.79 Å². The SMILES string of the molecule is CC1CCCCC1NC(=O)C1(O)c2ccccc2NC(=O)N1c1ccc(Cl)cc1. The largest absolute Gasteiger partial charge is 0.359 e. The summed E-state index contributed by atoms with van der Waals surface area (Å²) in [5.41, 5.74) is -1.06. The molecule has 0 radical (unpaired) electrons. The van der Waals surface area contributed by atoms with Crippen molar-refractivity contribution in [3.63, 3.8) is 0 Å². The number of rotatable bonds is 3. The second-order valence-corrected chi connectivity index (χ2v) is 8.24. The van der Waals surface area contributed by atoms with Crippen molar-refractivity contribution in [2.24, 2.45) is 5.92 Å². The number of amides is 3. The Morgan fingerprint density at radius 1 is 1.17 bits per heavy atom. The van der Waals surface area contributed by atoms with E-state index in [4.69, 9.17) is 11.6 Å². The Bertz CT molecular complexity index is 933. The summed E-state index contributed by atoms with van der Waals surface area (Å²) in [5.74, 6) is -0.290. The van der Waals surface area contributed by atoms with E-state index < -0.39 is 17.7 Å². The van der Waals surface area contributed by atoms with Gasteiger partial charge in [-0.2, -0.15) is 0 Å². The summed E-state index contributed by atoms with van der Waals surface area (Å²) in [4.78, 5) is 27.5. The van der Waals surface area contributed by atoms with Crippen molar-refractivity contribution in [2.45, 2.75) is 44.4 Å². The summed E-state index contributed by atoms with van der Waals surface area (Å²) in [6.45, 7) is 2.10. The monoisotopic (exact) mass is 413 g/mol. The molecule has 1 saturated carbocycles. The lowest BCUT2D eigenvalue weighted by Crippen LogP contribution is -2.64. The topological polar surface area (TPSA) is 81.7 Å². The molecule has 1 aliphatic heterocycles. The zero-order valence-corrected chi connectivity index (χ0v) is 16.9. The molecule has 1 aliphatic carbocycles. The Hall–Kier alpha value is -2.57. The molecule has 3 amide bonds. The maximum Gasteiger partial charge on any atom is 0.329 e. The van der Waals surface area contributed by atoms with Gasteiger partial charge >= 0.3 is 6.03 Å². The Morgan fingerprint density at radius 3 is 2.59 bits per heavy atom. The van der Waals surface area contributed by atoms with Gasteiger partial charge in [-0.15, -0.1) is 0 Å². The van der Waals surface area contributed by atoms with Crippen LogP contribution in [0.3, 0.4) is 0 Å². The number of para-hydroxylation sites is 1. The van der Waals surface area contributed by atoms with E-state index >= 15 is 0 Å². The number of aliphatic hydroxyl groups is 1. The number of benzene rings is 2. The number of hydrogen-bond acceptors (Lipinski definition) is 3. The van der Waals surface area contributed by atoms with Crippen molar-refractivity contribution >= 4 is 34.9 Å². The predicted molar refractivity (Wildman–Crippen MR) is 113 cm³/mol. The molecule has 2 aromatic carbocycles. The zero-order chi connectivity index (χ0) is 20.6. The van der Waals surface area contributed by atoms with Crippen molar-refractivity contribution < 1.29 is 14.7 Å². The van der Waals surface area contributed by atoms with E-state index in [0.717, 1.165) is 30.6 Å². The number of carbonyl (C=O) groups is 2. The van der Waals surface area contributed by atoms with Crippen LogP contribution in [0.25, 0.3) is 0 Å². The van der Waals surface area contributed by atoms with Gasteiger partial charge in [0.25, 0.3) is 11.6 Å². The molecule has 6 nitrogen and oxygen atoms in total. The average Bonchev–Trinajstić information content (AvgIpc) is 2.71. The molecule has 0 aromatic heterocycles. The zero-order valence-electron chi connectivity index (χ0n) is 16.2. The van der Waals surface area contributed by atoms with Crippen molar-refractivity contribution in [1.29, 1.82) is 0 Å². The molecule has 2 aliphatic rings. The minimum absolute atomic E-state index is 0.0375. The fourth-order valence-corrected chi connectivity index (χ4v) is 4.38. The second-order valence-electron chi connectivity index (χ2n) is 7.80. The summed E-state index contributed by atoms with van der Waals surface area (Å²) in [5, 5.41) is 18.1. The first kappa shape index (κ1) is 19.7. The maximum atomic E-state index is 13.5. The van der Waals surface area contributed by atoms with Crippen LogP contribution in [0, 0.1) is 5.92 Å². The first-order valence-corrected chi connectivity index (χ1v) is 10.3. The van der Waals surface area contributed by atoms with E-state index in [1.807, 2.05) is 0 Å². The number of carbonyl (C=O) groups excluding carboxylic acids is 2. The molecule has 1 fully saturated rings. The van der Waals surface area contributed by atoms with Gasteiger partial charge in [-0.05, 0) is 49.1 Å². The molecular formula is C22H24ClN3O3. The van der Waals surface area contributed by atoms with E-state index in [1.54, 1.807) is 48.5 Å². The number of halogens is 1. The van der Waals surface area contributed by atoms with Crippen LogP contribution in [0.1, 0.15) is 38.2 Å². The average molecular weight is 414 g/mol.